The Kier molecular flexibility index (Phi) is 4.93. The third-order valence-electron chi connectivity index (χ3n) is 4.25. The Morgan fingerprint density at radius 3 is 2.46 bits per heavy atom. The molecule has 3 rings (SSSR count). The van der Waals surface area contributed by atoms with Crippen molar-refractivity contribution in [2.75, 3.05) is 19.5 Å². The van der Waals surface area contributed by atoms with Crippen molar-refractivity contribution < 1.29 is 14.3 Å². The van der Waals surface area contributed by atoms with E-state index < -0.39 is 5.97 Å². The zero-order valence-electron chi connectivity index (χ0n) is 15.2. The Morgan fingerprint density at radius 2 is 1.81 bits per heavy atom. The first-order valence-electron chi connectivity index (χ1n) is 8.20. The van der Waals surface area contributed by atoms with Gasteiger partial charge in [-0.2, -0.15) is 5.10 Å². The number of nitrogens with zero attached hydrogens (tertiary/aromatic N) is 2. The minimum absolute atomic E-state index is 0.393. The van der Waals surface area contributed by atoms with E-state index in [0.29, 0.717) is 17.0 Å². The summed E-state index contributed by atoms with van der Waals surface area (Å²) >= 11 is 0. The van der Waals surface area contributed by atoms with Crippen LogP contribution in [0.3, 0.4) is 0 Å². The molecule has 3 aromatic rings. The molecule has 0 bridgehead atoms. The van der Waals surface area contributed by atoms with Crippen LogP contribution >= 0.6 is 0 Å². The predicted octanol–water partition coefficient (Wildman–Crippen LogP) is 4.03. The molecule has 0 amide bonds. The second-order valence-electron chi connectivity index (χ2n) is 5.83. The summed E-state index contributed by atoms with van der Waals surface area (Å²) in [5.41, 5.74) is 3.85. The SMILES string of the molecule is COC(=O)c1cc(OC)ccc1Nc1c(C)c(C)nn1-c1ccccc1. The zero-order chi connectivity index (χ0) is 18.7. The highest BCUT2D eigenvalue weighted by molar-refractivity contribution is 5.97. The maximum Gasteiger partial charge on any atom is 0.340 e. The number of anilines is 2. The molecule has 0 spiro atoms. The Bertz CT molecular complexity index is 933. The lowest BCUT2D eigenvalue weighted by Crippen LogP contribution is -2.09. The molecule has 0 saturated heterocycles. The van der Waals surface area contributed by atoms with Gasteiger partial charge in [0.2, 0.25) is 0 Å². The molecule has 134 valence electrons. The van der Waals surface area contributed by atoms with Crippen molar-refractivity contribution >= 4 is 17.5 Å². The first kappa shape index (κ1) is 17.5. The molecule has 26 heavy (non-hydrogen) atoms. The maximum atomic E-state index is 12.2. The number of esters is 1. The van der Waals surface area contributed by atoms with Crippen LogP contribution in [0.4, 0.5) is 11.5 Å². The van der Waals surface area contributed by atoms with Gasteiger partial charge in [-0.1, -0.05) is 18.2 Å². The topological polar surface area (TPSA) is 65.4 Å². The van der Waals surface area contributed by atoms with E-state index in [1.807, 2.05) is 48.9 Å². The van der Waals surface area contributed by atoms with E-state index in [-0.39, 0.29) is 0 Å². The highest BCUT2D eigenvalue weighted by Crippen LogP contribution is 2.30. The van der Waals surface area contributed by atoms with Crippen LogP contribution in [0.25, 0.3) is 5.69 Å². The number of hydrogen-bond acceptors (Lipinski definition) is 5. The number of carbonyl (C=O) groups is 1. The Morgan fingerprint density at radius 1 is 1.08 bits per heavy atom. The van der Waals surface area contributed by atoms with E-state index in [1.165, 1.54) is 7.11 Å². The molecule has 1 aromatic heterocycles. The number of benzene rings is 2. The van der Waals surface area contributed by atoms with Crippen LogP contribution in [-0.4, -0.2) is 30.0 Å². The van der Waals surface area contributed by atoms with Gasteiger partial charge < -0.3 is 14.8 Å². The van der Waals surface area contributed by atoms with Crippen molar-refractivity contribution in [1.82, 2.24) is 9.78 Å². The molecule has 0 aliphatic rings. The van der Waals surface area contributed by atoms with Crippen LogP contribution in [0.15, 0.2) is 48.5 Å². The number of para-hydroxylation sites is 1. The van der Waals surface area contributed by atoms with E-state index in [0.717, 1.165) is 22.8 Å². The number of rotatable bonds is 5. The lowest BCUT2D eigenvalue weighted by Gasteiger charge is -2.14. The van der Waals surface area contributed by atoms with Crippen molar-refractivity contribution in [3.8, 4) is 11.4 Å². The van der Waals surface area contributed by atoms with Gasteiger partial charge >= 0.3 is 5.97 Å². The summed E-state index contributed by atoms with van der Waals surface area (Å²) in [6.45, 7) is 3.95. The third-order valence-corrected chi connectivity index (χ3v) is 4.25. The molecule has 0 aliphatic carbocycles. The predicted molar refractivity (Wildman–Crippen MR) is 101 cm³/mol. The molecule has 2 aromatic carbocycles. The van der Waals surface area contributed by atoms with Crippen LogP contribution in [0, 0.1) is 13.8 Å². The van der Waals surface area contributed by atoms with Crippen LogP contribution in [0.5, 0.6) is 5.75 Å². The van der Waals surface area contributed by atoms with E-state index in [9.17, 15) is 4.79 Å². The lowest BCUT2D eigenvalue weighted by molar-refractivity contribution is 0.0601. The standard InChI is InChI=1S/C20H21N3O3/c1-13-14(2)22-23(15-8-6-5-7-9-15)19(13)21-18-11-10-16(25-3)12-17(18)20(24)26-4/h5-12,21H,1-4H3. The highest BCUT2D eigenvalue weighted by atomic mass is 16.5. The average molecular weight is 351 g/mol. The van der Waals surface area contributed by atoms with Crippen LogP contribution in [0.1, 0.15) is 21.6 Å². The lowest BCUT2D eigenvalue weighted by atomic mass is 10.1. The van der Waals surface area contributed by atoms with Crippen LogP contribution < -0.4 is 10.1 Å². The molecule has 1 N–H and O–H groups in total. The normalized spacial score (nSPS) is 10.5. The first-order valence-corrected chi connectivity index (χ1v) is 8.20. The summed E-state index contributed by atoms with van der Waals surface area (Å²) in [5.74, 6) is 0.941. The monoisotopic (exact) mass is 351 g/mol. The van der Waals surface area contributed by atoms with Gasteiger partial charge in [-0.3, -0.25) is 0 Å². The van der Waals surface area contributed by atoms with Gasteiger partial charge in [0.1, 0.15) is 11.6 Å². The fourth-order valence-corrected chi connectivity index (χ4v) is 2.67. The summed E-state index contributed by atoms with van der Waals surface area (Å²) in [6.07, 6.45) is 0. The molecule has 0 saturated carbocycles. The number of hydrogen-bond donors (Lipinski definition) is 1. The molecule has 0 radical (unpaired) electrons. The molecule has 1 heterocycles. The number of nitrogens with one attached hydrogen (secondary N) is 1. The smallest absolute Gasteiger partial charge is 0.340 e. The van der Waals surface area contributed by atoms with Crippen molar-refractivity contribution in [2.45, 2.75) is 13.8 Å². The number of carbonyl (C=O) groups excluding carboxylic acids is 1. The van der Waals surface area contributed by atoms with Crippen molar-refractivity contribution in [2.24, 2.45) is 0 Å². The largest absolute Gasteiger partial charge is 0.497 e. The zero-order valence-corrected chi connectivity index (χ0v) is 15.2. The van der Waals surface area contributed by atoms with Crippen molar-refractivity contribution in [3.05, 3.63) is 65.4 Å². The van der Waals surface area contributed by atoms with Gasteiger partial charge in [-0.25, -0.2) is 9.48 Å². The van der Waals surface area contributed by atoms with E-state index >= 15 is 0 Å². The molecule has 0 fully saturated rings. The maximum absolute atomic E-state index is 12.2. The number of aryl methyl sites for hydroxylation is 1. The van der Waals surface area contributed by atoms with E-state index in [4.69, 9.17) is 9.47 Å². The second-order valence-corrected chi connectivity index (χ2v) is 5.83. The first-order chi connectivity index (χ1) is 12.5. The molecule has 0 unspecified atom stereocenters. The van der Waals surface area contributed by atoms with E-state index in [1.54, 1.807) is 25.3 Å². The number of methoxy groups -OCH3 is 2. The van der Waals surface area contributed by atoms with Crippen molar-refractivity contribution in [1.29, 1.82) is 0 Å². The molecule has 0 aliphatic heterocycles. The Hall–Kier alpha value is -3.28. The van der Waals surface area contributed by atoms with Gasteiger partial charge in [0.25, 0.3) is 0 Å². The summed E-state index contributed by atoms with van der Waals surface area (Å²) < 4.78 is 12.0. The molecular formula is C20H21N3O3. The van der Waals surface area contributed by atoms with Gasteiger partial charge in [0.15, 0.2) is 0 Å². The minimum Gasteiger partial charge on any atom is -0.497 e. The molecular weight excluding hydrogens is 330 g/mol. The van der Waals surface area contributed by atoms with E-state index in [2.05, 4.69) is 10.4 Å². The Labute approximate surface area is 152 Å². The van der Waals surface area contributed by atoms with Gasteiger partial charge in [0, 0.05) is 5.56 Å². The van der Waals surface area contributed by atoms with Gasteiger partial charge in [-0.15, -0.1) is 0 Å². The Balaban J connectivity index is 2.09. The quantitative estimate of drug-likeness (QED) is 0.703. The van der Waals surface area contributed by atoms with Crippen LogP contribution in [-0.2, 0) is 4.74 Å². The fraction of sp³-hybridized carbons (Fsp3) is 0.200. The average Bonchev–Trinajstić information content (AvgIpc) is 2.96. The van der Waals surface area contributed by atoms with Crippen molar-refractivity contribution in [3.63, 3.8) is 0 Å². The number of aromatic nitrogens is 2. The van der Waals surface area contributed by atoms with Gasteiger partial charge in [-0.05, 0) is 44.2 Å². The summed E-state index contributed by atoms with van der Waals surface area (Å²) in [7, 11) is 2.91. The summed E-state index contributed by atoms with van der Waals surface area (Å²) in [5, 5.41) is 7.96. The second kappa shape index (κ2) is 7.31. The fourth-order valence-electron chi connectivity index (χ4n) is 2.67. The van der Waals surface area contributed by atoms with Crippen LogP contribution in [0.2, 0.25) is 0 Å². The summed E-state index contributed by atoms with van der Waals surface area (Å²) in [6, 6.07) is 15.1. The molecule has 6 heteroatoms. The molecule has 0 atom stereocenters. The number of ether oxygens (including phenoxy) is 2. The summed E-state index contributed by atoms with van der Waals surface area (Å²) in [4.78, 5) is 12.2. The minimum atomic E-state index is -0.438. The van der Waals surface area contributed by atoms with Gasteiger partial charge in [0.05, 0.1) is 36.9 Å². The molecule has 6 nitrogen and oxygen atoms in total. The third kappa shape index (κ3) is 3.26. The highest BCUT2D eigenvalue weighted by Gasteiger charge is 2.18.